The number of fused-ring (bicyclic) bond motifs is 2. The van der Waals surface area contributed by atoms with Gasteiger partial charge >= 0.3 is 5.69 Å². The molecule has 8 heteroatoms. The molecule has 0 aliphatic rings. The molecule has 0 fully saturated rings. The van der Waals surface area contributed by atoms with Crippen LogP contribution in [0.1, 0.15) is 11.1 Å². The lowest BCUT2D eigenvalue weighted by Gasteiger charge is -2.13. The molecule has 0 bridgehead atoms. The second-order valence-electron chi connectivity index (χ2n) is 6.34. The standard InChI is InChI=1S/C18H17N5O2S/c1-9-5-6-11-12(7-9)26-17(20-11)21-14-10(2)8-19-15-13(14)16(24)23(4)18(25)22(15)3/h5-8H,1-4H3,(H,19,20,21). The monoisotopic (exact) mass is 367 g/mol. The first-order chi connectivity index (χ1) is 12.4. The molecule has 7 nitrogen and oxygen atoms in total. The Balaban J connectivity index is 1.97. The van der Waals surface area contributed by atoms with Gasteiger partial charge in [0.1, 0.15) is 5.39 Å². The quantitative estimate of drug-likeness (QED) is 0.589. The number of thiazole rings is 1. The van der Waals surface area contributed by atoms with Gasteiger partial charge in [0.05, 0.1) is 15.9 Å². The molecular formula is C18H17N5O2S. The number of benzene rings is 1. The lowest BCUT2D eigenvalue weighted by atomic mass is 10.2. The predicted octanol–water partition coefficient (Wildman–Crippen LogP) is 2.60. The number of hydrogen-bond donors (Lipinski definition) is 1. The maximum atomic E-state index is 12.7. The van der Waals surface area contributed by atoms with Gasteiger partial charge in [0.25, 0.3) is 5.56 Å². The van der Waals surface area contributed by atoms with Gasteiger partial charge in [0, 0.05) is 20.3 Å². The lowest BCUT2D eigenvalue weighted by Crippen LogP contribution is -2.37. The average molecular weight is 367 g/mol. The maximum Gasteiger partial charge on any atom is 0.332 e. The van der Waals surface area contributed by atoms with E-state index in [4.69, 9.17) is 0 Å². The van der Waals surface area contributed by atoms with Crippen LogP contribution in [0.2, 0.25) is 0 Å². The topological polar surface area (TPSA) is 81.8 Å². The van der Waals surface area contributed by atoms with Gasteiger partial charge in [-0.25, -0.2) is 14.8 Å². The molecule has 0 amide bonds. The van der Waals surface area contributed by atoms with E-state index in [1.54, 1.807) is 13.2 Å². The van der Waals surface area contributed by atoms with Crippen molar-refractivity contribution >= 4 is 43.4 Å². The number of hydrogen-bond acceptors (Lipinski definition) is 6. The Bertz CT molecular complexity index is 1300. The van der Waals surface area contributed by atoms with Gasteiger partial charge in [-0.15, -0.1) is 0 Å². The van der Waals surface area contributed by atoms with E-state index in [1.165, 1.54) is 28.5 Å². The normalized spacial score (nSPS) is 11.4. The molecule has 3 aromatic heterocycles. The highest BCUT2D eigenvalue weighted by Crippen LogP contribution is 2.31. The van der Waals surface area contributed by atoms with Gasteiger partial charge in [-0.1, -0.05) is 17.4 Å². The van der Waals surface area contributed by atoms with Crippen LogP contribution in [0, 0.1) is 13.8 Å². The number of rotatable bonds is 2. The van der Waals surface area contributed by atoms with Crippen molar-refractivity contribution in [3.8, 4) is 0 Å². The molecule has 0 atom stereocenters. The summed E-state index contributed by atoms with van der Waals surface area (Å²) in [7, 11) is 3.08. The van der Waals surface area contributed by atoms with E-state index >= 15 is 0 Å². The van der Waals surface area contributed by atoms with E-state index in [0.29, 0.717) is 21.9 Å². The Kier molecular flexibility index (Phi) is 3.66. The smallest absolute Gasteiger partial charge is 0.330 e. The molecule has 4 aromatic rings. The second-order valence-corrected chi connectivity index (χ2v) is 7.37. The number of pyridine rings is 1. The molecule has 0 radical (unpaired) electrons. The summed E-state index contributed by atoms with van der Waals surface area (Å²) in [6.07, 6.45) is 1.65. The van der Waals surface area contributed by atoms with Gasteiger partial charge in [-0.05, 0) is 37.1 Å². The molecule has 132 valence electrons. The lowest BCUT2D eigenvalue weighted by molar-refractivity contribution is 0.707. The van der Waals surface area contributed by atoms with E-state index in [2.05, 4.69) is 21.4 Å². The number of anilines is 2. The first-order valence-corrected chi connectivity index (χ1v) is 8.88. The van der Waals surface area contributed by atoms with Crippen LogP contribution in [-0.2, 0) is 14.1 Å². The molecule has 0 spiro atoms. The molecule has 0 saturated carbocycles. The Morgan fingerprint density at radius 2 is 1.88 bits per heavy atom. The van der Waals surface area contributed by atoms with E-state index < -0.39 is 5.69 Å². The summed E-state index contributed by atoms with van der Waals surface area (Å²) >= 11 is 1.52. The van der Waals surface area contributed by atoms with Crippen molar-refractivity contribution in [3.63, 3.8) is 0 Å². The van der Waals surface area contributed by atoms with Crippen molar-refractivity contribution in [2.45, 2.75) is 13.8 Å². The van der Waals surface area contributed by atoms with Crippen LogP contribution in [-0.4, -0.2) is 19.1 Å². The Morgan fingerprint density at radius 3 is 2.65 bits per heavy atom. The molecule has 1 N–H and O–H groups in total. The minimum atomic E-state index is -0.403. The third-order valence-electron chi connectivity index (χ3n) is 4.43. The number of aryl methyl sites for hydroxylation is 3. The van der Waals surface area contributed by atoms with Crippen LogP contribution in [0.5, 0.6) is 0 Å². The zero-order valence-corrected chi connectivity index (χ0v) is 15.6. The van der Waals surface area contributed by atoms with Crippen molar-refractivity contribution in [2.75, 3.05) is 5.32 Å². The van der Waals surface area contributed by atoms with Crippen LogP contribution in [0.3, 0.4) is 0 Å². The minimum absolute atomic E-state index is 0.350. The van der Waals surface area contributed by atoms with Crippen LogP contribution in [0.25, 0.3) is 21.3 Å². The van der Waals surface area contributed by atoms with E-state index in [-0.39, 0.29) is 5.56 Å². The van der Waals surface area contributed by atoms with Crippen LogP contribution < -0.4 is 16.6 Å². The molecule has 0 aliphatic heterocycles. The molecule has 0 saturated heterocycles. The molecule has 0 aliphatic carbocycles. The summed E-state index contributed by atoms with van der Waals surface area (Å²) in [5, 5.41) is 4.35. The molecule has 3 heterocycles. The van der Waals surface area contributed by atoms with Crippen molar-refractivity contribution < 1.29 is 0 Å². The maximum absolute atomic E-state index is 12.7. The average Bonchev–Trinajstić information content (AvgIpc) is 3.01. The van der Waals surface area contributed by atoms with Crippen molar-refractivity contribution in [2.24, 2.45) is 14.1 Å². The van der Waals surface area contributed by atoms with Crippen molar-refractivity contribution in [1.29, 1.82) is 0 Å². The van der Waals surface area contributed by atoms with Crippen molar-refractivity contribution in [1.82, 2.24) is 19.1 Å². The zero-order valence-electron chi connectivity index (χ0n) is 14.8. The minimum Gasteiger partial charge on any atom is -0.330 e. The van der Waals surface area contributed by atoms with Gasteiger partial charge in [0.2, 0.25) is 0 Å². The van der Waals surface area contributed by atoms with Gasteiger partial charge in [-0.3, -0.25) is 13.9 Å². The predicted molar refractivity (Wildman–Crippen MR) is 105 cm³/mol. The molecule has 0 unspecified atom stereocenters. The fourth-order valence-corrected chi connectivity index (χ4v) is 3.94. The summed E-state index contributed by atoms with van der Waals surface area (Å²) in [5.74, 6) is 0. The van der Waals surface area contributed by atoms with E-state index in [9.17, 15) is 9.59 Å². The van der Waals surface area contributed by atoms with Crippen LogP contribution in [0.4, 0.5) is 10.8 Å². The Labute approximate surface area is 152 Å². The largest absolute Gasteiger partial charge is 0.332 e. The van der Waals surface area contributed by atoms with Gasteiger partial charge in [-0.2, -0.15) is 0 Å². The molecule has 1 aromatic carbocycles. The number of nitrogens with one attached hydrogen (secondary N) is 1. The van der Waals surface area contributed by atoms with Crippen molar-refractivity contribution in [3.05, 3.63) is 56.4 Å². The third-order valence-corrected chi connectivity index (χ3v) is 5.37. The first-order valence-electron chi connectivity index (χ1n) is 8.06. The third kappa shape index (κ3) is 2.41. The highest BCUT2D eigenvalue weighted by atomic mass is 32.1. The Morgan fingerprint density at radius 1 is 1.12 bits per heavy atom. The number of nitrogens with zero attached hydrogens (tertiary/aromatic N) is 4. The first kappa shape index (κ1) is 16.5. The summed E-state index contributed by atoms with van der Waals surface area (Å²) in [5.41, 5.74) is 3.08. The fraction of sp³-hybridized carbons (Fsp3) is 0.222. The zero-order chi connectivity index (χ0) is 18.6. The van der Waals surface area contributed by atoms with Crippen LogP contribution in [0.15, 0.2) is 34.0 Å². The summed E-state index contributed by atoms with van der Waals surface area (Å²) in [6.45, 7) is 3.91. The summed E-state index contributed by atoms with van der Waals surface area (Å²) in [6, 6.07) is 6.08. The fourth-order valence-electron chi connectivity index (χ4n) is 2.98. The van der Waals surface area contributed by atoms with Crippen LogP contribution >= 0.6 is 11.3 Å². The van der Waals surface area contributed by atoms with E-state index in [0.717, 1.165) is 20.3 Å². The molecule has 4 rings (SSSR count). The van der Waals surface area contributed by atoms with Gasteiger partial charge < -0.3 is 5.32 Å². The SMILES string of the molecule is Cc1ccc2nc(Nc3c(C)cnc4c3c(=O)n(C)c(=O)n4C)sc2c1. The highest BCUT2D eigenvalue weighted by molar-refractivity contribution is 7.22. The number of aromatic nitrogens is 4. The molecular weight excluding hydrogens is 350 g/mol. The molecule has 26 heavy (non-hydrogen) atoms. The second kappa shape index (κ2) is 5.77. The Hall–Kier alpha value is -3.00. The summed E-state index contributed by atoms with van der Waals surface area (Å²) in [4.78, 5) is 33.8. The summed E-state index contributed by atoms with van der Waals surface area (Å²) < 4.78 is 3.54. The van der Waals surface area contributed by atoms with Gasteiger partial charge in [0.15, 0.2) is 10.8 Å². The van der Waals surface area contributed by atoms with E-state index in [1.807, 2.05) is 26.0 Å². The highest BCUT2D eigenvalue weighted by Gasteiger charge is 2.17.